The van der Waals surface area contributed by atoms with Crippen LogP contribution in [0.4, 0.5) is 0 Å². The number of nitrogens with two attached hydrogens (primary N) is 1. The molecule has 0 aliphatic rings. The van der Waals surface area contributed by atoms with Crippen LogP contribution in [0.5, 0.6) is 0 Å². The first-order valence-electron chi connectivity index (χ1n) is 4.40. The summed E-state index contributed by atoms with van der Waals surface area (Å²) >= 11 is 3.32. The van der Waals surface area contributed by atoms with E-state index in [-0.39, 0.29) is 24.4 Å². The van der Waals surface area contributed by atoms with E-state index in [0.29, 0.717) is 12.1 Å². The summed E-state index contributed by atoms with van der Waals surface area (Å²) in [5, 5.41) is 2.79. The Labute approximate surface area is 104 Å². The molecule has 0 aromatic heterocycles. The Morgan fingerprint density at radius 3 is 2.67 bits per heavy atom. The highest BCUT2D eigenvalue weighted by atomic mass is 79.9. The second kappa shape index (κ2) is 6.82. The molecule has 0 radical (unpaired) electrons. The van der Waals surface area contributed by atoms with Gasteiger partial charge >= 0.3 is 0 Å². The van der Waals surface area contributed by atoms with Crippen LogP contribution in [0.3, 0.4) is 0 Å². The van der Waals surface area contributed by atoms with Gasteiger partial charge in [0.05, 0.1) is 5.56 Å². The zero-order valence-corrected chi connectivity index (χ0v) is 10.8. The van der Waals surface area contributed by atoms with Crippen molar-refractivity contribution in [2.45, 2.75) is 13.0 Å². The second-order valence-electron chi connectivity index (χ2n) is 3.09. The third kappa shape index (κ3) is 4.20. The molecule has 0 bridgehead atoms. The molecule has 1 aromatic carbocycles. The molecule has 0 saturated carbocycles. The van der Waals surface area contributed by atoms with Gasteiger partial charge in [0.2, 0.25) is 0 Å². The standard InChI is InChI=1S/C10H13BrN2O.ClH/c1-7(6-12)13-10(14)8-4-2-3-5-9(8)11;/h2-5,7H,6,12H2,1H3,(H,13,14);1H/t7-;/m0./s1. The number of amides is 1. The summed E-state index contributed by atoms with van der Waals surface area (Å²) in [7, 11) is 0. The van der Waals surface area contributed by atoms with E-state index in [0.717, 1.165) is 4.47 Å². The lowest BCUT2D eigenvalue weighted by Crippen LogP contribution is -2.37. The van der Waals surface area contributed by atoms with E-state index < -0.39 is 0 Å². The first kappa shape index (κ1) is 14.4. The van der Waals surface area contributed by atoms with Gasteiger partial charge in [0.1, 0.15) is 0 Å². The molecular weight excluding hydrogens is 279 g/mol. The molecule has 1 aromatic rings. The van der Waals surface area contributed by atoms with E-state index >= 15 is 0 Å². The first-order chi connectivity index (χ1) is 6.65. The Hall–Kier alpha value is -0.580. The average molecular weight is 294 g/mol. The molecule has 0 aliphatic heterocycles. The zero-order valence-electron chi connectivity index (χ0n) is 8.37. The van der Waals surface area contributed by atoms with Gasteiger partial charge in [0, 0.05) is 17.1 Å². The molecule has 3 N–H and O–H groups in total. The van der Waals surface area contributed by atoms with Crippen LogP contribution in [0.1, 0.15) is 17.3 Å². The van der Waals surface area contributed by atoms with Crippen LogP contribution in [0, 0.1) is 0 Å². The summed E-state index contributed by atoms with van der Waals surface area (Å²) in [6.07, 6.45) is 0. The van der Waals surface area contributed by atoms with Crippen LogP contribution in [0.2, 0.25) is 0 Å². The summed E-state index contributed by atoms with van der Waals surface area (Å²) in [5.41, 5.74) is 6.04. The summed E-state index contributed by atoms with van der Waals surface area (Å²) in [5.74, 6) is -0.101. The van der Waals surface area contributed by atoms with E-state index in [1.165, 1.54) is 0 Å². The summed E-state index contributed by atoms with van der Waals surface area (Å²) in [6, 6.07) is 7.29. The van der Waals surface area contributed by atoms with Crippen LogP contribution in [-0.2, 0) is 0 Å². The van der Waals surface area contributed by atoms with Gasteiger partial charge in [-0.3, -0.25) is 4.79 Å². The van der Waals surface area contributed by atoms with Crippen LogP contribution in [-0.4, -0.2) is 18.5 Å². The predicted octanol–water partition coefficient (Wildman–Crippen LogP) is 1.95. The van der Waals surface area contributed by atoms with Gasteiger partial charge in [-0.1, -0.05) is 12.1 Å². The summed E-state index contributed by atoms with van der Waals surface area (Å²) in [6.45, 7) is 2.31. The Kier molecular flexibility index (Phi) is 6.56. The van der Waals surface area contributed by atoms with E-state index in [1.54, 1.807) is 6.07 Å². The van der Waals surface area contributed by atoms with E-state index in [2.05, 4.69) is 21.2 Å². The van der Waals surface area contributed by atoms with Gasteiger partial charge in [-0.05, 0) is 35.0 Å². The van der Waals surface area contributed by atoms with Crippen molar-refractivity contribution in [2.75, 3.05) is 6.54 Å². The lowest BCUT2D eigenvalue weighted by Gasteiger charge is -2.11. The minimum absolute atomic E-state index is 0. The maximum absolute atomic E-state index is 11.6. The number of carbonyl (C=O) groups excluding carboxylic acids is 1. The van der Waals surface area contributed by atoms with Crippen LogP contribution < -0.4 is 11.1 Å². The van der Waals surface area contributed by atoms with Crippen molar-refractivity contribution < 1.29 is 4.79 Å². The van der Waals surface area contributed by atoms with E-state index in [1.807, 2.05) is 25.1 Å². The van der Waals surface area contributed by atoms with Gasteiger partial charge in [-0.25, -0.2) is 0 Å². The van der Waals surface area contributed by atoms with E-state index in [4.69, 9.17) is 5.73 Å². The quantitative estimate of drug-likeness (QED) is 0.895. The van der Waals surface area contributed by atoms with Crippen LogP contribution in [0.25, 0.3) is 0 Å². The van der Waals surface area contributed by atoms with Gasteiger partial charge < -0.3 is 11.1 Å². The Morgan fingerprint density at radius 1 is 1.53 bits per heavy atom. The molecule has 0 saturated heterocycles. The van der Waals surface area contributed by atoms with Crippen molar-refractivity contribution in [3.63, 3.8) is 0 Å². The molecule has 0 heterocycles. The summed E-state index contributed by atoms with van der Waals surface area (Å²) in [4.78, 5) is 11.6. The Balaban J connectivity index is 0.00000196. The van der Waals surface area contributed by atoms with Crippen molar-refractivity contribution in [1.82, 2.24) is 5.32 Å². The molecule has 3 nitrogen and oxygen atoms in total. The highest BCUT2D eigenvalue weighted by molar-refractivity contribution is 9.10. The number of rotatable bonds is 3. The lowest BCUT2D eigenvalue weighted by molar-refractivity contribution is 0.0940. The topological polar surface area (TPSA) is 55.1 Å². The van der Waals surface area contributed by atoms with Crippen molar-refractivity contribution in [1.29, 1.82) is 0 Å². The molecule has 84 valence electrons. The van der Waals surface area contributed by atoms with Crippen LogP contribution >= 0.6 is 28.3 Å². The molecule has 1 rings (SSSR count). The van der Waals surface area contributed by atoms with Gasteiger partial charge in [0.25, 0.3) is 5.91 Å². The fraction of sp³-hybridized carbons (Fsp3) is 0.300. The third-order valence-corrected chi connectivity index (χ3v) is 2.54. The van der Waals surface area contributed by atoms with Crippen molar-refractivity contribution in [3.05, 3.63) is 34.3 Å². The van der Waals surface area contributed by atoms with Gasteiger partial charge in [-0.2, -0.15) is 0 Å². The van der Waals surface area contributed by atoms with E-state index in [9.17, 15) is 4.79 Å². The number of benzene rings is 1. The smallest absolute Gasteiger partial charge is 0.252 e. The molecule has 0 aliphatic carbocycles. The highest BCUT2D eigenvalue weighted by Gasteiger charge is 2.10. The summed E-state index contributed by atoms with van der Waals surface area (Å²) < 4.78 is 0.793. The monoisotopic (exact) mass is 292 g/mol. The van der Waals surface area contributed by atoms with Crippen LogP contribution in [0.15, 0.2) is 28.7 Å². The Morgan fingerprint density at radius 2 is 2.13 bits per heavy atom. The highest BCUT2D eigenvalue weighted by Crippen LogP contribution is 2.15. The number of hydrogen-bond acceptors (Lipinski definition) is 2. The van der Waals surface area contributed by atoms with Gasteiger partial charge in [0.15, 0.2) is 0 Å². The maximum atomic E-state index is 11.6. The fourth-order valence-corrected chi connectivity index (χ4v) is 1.47. The number of halogens is 2. The van der Waals surface area contributed by atoms with Gasteiger partial charge in [-0.15, -0.1) is 12.4 Å². The molecule has 0 unspecified atom stereocenters. The third-order valence-electron chi connectivity index (χ3n) is 1.85. The lowest BCUT2D eigenvalue weighted by atomic mass is 10.2. The maximum Gasteiger partial charge on any atom is 0.252 e. The normalized spacial score (nSPS) is 11.4. The molecule has 15 heavy (non-hydrogen) atoms. The minimum atomic E-state index is -0.101. The number of carbonyl (C=O) groups is 1. The minimum Gasteiger partial charge on any atom is -0.348 e. The molecular formula is C10H14BrClN2O. The first-order valence-corrected chi connectivity index (χ1v) is 5.20. The molecule has 1 amide bonds. The zero-order chi connectivity index (χ0) is 10.6. The molecule has 0 fully saturated rings. The average Bonchev–Trinajstić information content (AvgIpc) is 2.18. The molecule has 1 atom stereocenters. The second-order valence-corrected chi connectivity index (χ2v) is 3.94. The SMILES string of the molecule is C[C@@H](CN)NC(=O)c1ccccc1Br.Cl. The predicted molar refractivity (Wildman–Crippen MR) is 67.4 cm³/mol. The molecule has 5 heteroatoms. The van der Waals surface area contributed by atoms with Crippen molar-refractivity contribution in [2.24, 2.45) is 5.73 Å². The Bertz CT molecular complexity index is 333. The van der Waals surface area contributed by atoms with Crippen molar-refractivity contribution >= 4 is 34.2 Å². The van der Waals surface area contributed by atoms with Crippen molar-refractivity contribution in [3.8, 4) is 0 Å². The number of hydrogen-bond donors (Lipinski definition) is 2. The molecule has 0 spiro atoms. The number of nitrogens with one attached hydrogen (secondary N) is 1. The fourth-order valence-electron chi connectivity index (χ4n) is 1.01. The largest absolute Gasteiger partial charge is 0.348 e.